The number of ether oxygens (including phenoxy) is 2. The van der Waals surface area contributed by atoms with Gasteiger partial charge in [-0.2, -0.15) is 0 Å². The standard InChI is InChI=1S/C26H25NO7/c1-33-23-11-10-19(20(13-28)25(23)31)24(30)22(29)12-27-26(32)34-14-21-17-8-4-2-6-15(17)16-7-3-5-9-18(16)21/h2-11,13,21-22,24,29-31H,12,14H2,1H3,(H,27,32). The summed E-state index contributed by atoms with van der Waals surface area (Å²) in [6.07, 6.45) is -3.37. The second kappa shape index (κ2) is 9.94. The number of benzene rings is 3. The molecule has 2 atom stereocenters. The van der Waals surface area contributed by atoms with Gasteiger partial charge in [0, 0.05) is 12.5 Å². The van der Waals surface area contributed by atoms with Gasteiger partial charge in [-0.1, -0.05) is 54.6 Å². The molecule has 8 nitrogen and oxygen atoms in total. The summed E-state index contributed by atoms with van der Waals surface area (Å²) in [6.45, 7) is -0.219. The molecule has 3 aromatic rings. The van der Waals surface area contributed by atoms with Gasteiger partial charge >= 0.3 is 6.09 Å². The van der Waals surface area contributed by atoms with Gasteiger partial charge in [-0.15, -0.1) is 0 Å². The van der Waals surface area contributed by atoms with Gasteiger partial charge in [0.05, 0.1) is 12.7 Å². The van der Waals surface area contributed by atoms with Gasteiger partial charge in [0.25, 0.3) is 0 Å². The summed E-state index contributed by atoms with van der Waals surface area (Å²) >= 11 is 0. The van der Waals surface area contributed by atoms with Gasteiger partial charge in [-0.05, 0) is 33.9 Å². The lowest BCUT2D eigenvalue weighted by atomic mass is 9.98. The minimum absolute atomic E-state index is 0.00939. The number of carbonyl (C=O) groups excluding carboxylic acids is 2. The molecule has 0 fully saturated rings. The first-order chi connectivity index (χ1) is 16.5. The van der Waals surface area contributed by atoms with Crippen LogP contribution in [-0.4, -0.2) is 54.1 Å². The first-order valence-corrected chi connectivity index (χ1v) is 10.8. The second-order valence-corrected chi connectivity index (χ2v) is 7.96. The maximum Gasteiger partial charge on any atom is 0.407 e. The van der Waals surface area contributed by atoms with Crippen molar-refractivity contribution in [1.29, 1.82) is 0 Å². The lowest BCUT2D eigenvalue weighted by Crippen LogP contribution is -2.36. The highest BCUT2D eigenvalue weighted by molar-refractivity contribution is 5.83. The van der Waals surface area contributed by atoms with E-state index in [0.717, 1.165) is 22.3 Å². The van der Waals surface area contributed by atoms with Crippen LogP contribution in [0.4, 0.5) is 4.79 Å². The van der Waals surface area contributed by atoms with E-state index >= 15 is 0 Å². The van der Waals surface area contributed by atoms with Crippen LogP contribution in [0.15, 0.2) is 60.7 Å². The molecular formula is C26H25NO7. The fourth-order valence-electron chi connectivity index (χ4n) is 4.31. The third-order valence-corrected chi connectivity index (χ3v) is 6.03. The summed E-state index contributed by atoms with van der Waals surface area (Å²) in [5.74, 6) is -0.485. The number of carbonyl (C=O) groups is 2. The van der Waals surface area contributed by atoms with Gasteiger partial charge < -0.3 is 30.1 Å². The summed E-state index contributed by atoms with van der Waals surface area (Å²) in [4.78, 5) is 23.7. The molecule has 1 aliphatic rings. The van der Waals surface area contributed by atoms with Crippen LogP contribution < -0.4 is 10.1 Å². The molecule has 0 bridgehead atoms. The number of amides is 1. The number of aliphatic hydroxyl groups excluding tert-OH is 2. The van der Waals surface area contributed by atoms with Crippen molar-refractivity contribution >= 4 is 12.4 Å². The van der Waals surface area contributed by atoms with Gasteiger partial charge in [0.15, 0.2) is 17.8 Å². The quantitative estimate of drug-likeness (QED) is 0.378. The Morgan fingerprint density at radius 1 is 1.03 bits per heavy atom. The van der Waals surface area contributed by atoms with E-state index in [-0.39, 0.29) is 35.9 Å². The molecule has 176 valence electrons. The van der Waals surface area contributed by atoms with Crippen molar-refractivity contribution in [3.63, 3.8) is 0 Å². The average Bonchev–Trinajstić information content (AvgIpc) is 3.19. The Hall–Kier alpha value is -3.88. The Kier molecular flexibility index (Phi) is 6.81. The number of hydrogen-bond donors (Lipinski definition) is 4. The number of nitrogens with one attached hydrogen (secondary N) is 1. The van der Waals surface area contributed by atoms with Crippen molar-refractivity contribution in [3.8, 4) is 22.6 Å². The number of alkyl carbamates (subject to hydrolysis) is 1. The Morgan fingerprint density at radius 2 is 1.65 bits per heavy atom. The lowest BCUT2D eigenvalue weighted by molar-refractivity contribution is 0.0180. The van der Waals surface area contributed by atoms with Crippen LogP contribution in [0.2, 0.25) is 0 Å². The number of phenolic OH excluding ortho intramolecular Hbond substituents is 1. The summed E-state index contributed by atoms with van der Waals surface area (Å²) in [5, 5.41) is 33.3. The monoisotopic (exact) mass is 463 g/mol. The van der Waals surface area contributed by atoms with Crippen LogP contribution in [0.5, 0.6) is 11.5 Å². The van der Waals surface area contributed by atoms with E-state index in [2.05, 4.69) is 5.32 Å². The number of aldehydes is 1. The molecule has 0 heterocycles. The predicted octanol–water partition coefficient (Wildman–Crippen LogP) is 3.15. The third-order valence-electron chi connectivity index (χ3n) is 6.03. The molecular weight excluding hydrogens is 438 g/mol. The van der Waals surface area contributed by atoms with E-state index in [0.29, 0.717) is 6.29 Å². The summed E-state index contributed by atoms with van der Waals surface area (Å²) in [7, 11) is 1.33. The third kappa shape index (κ3) is 4.33. The minimum atomic E-state index is -1.54. The molecule has 8 heteroatoms. The molecule has 0 saturated heterocycles. The van der Waals surface area contributed by atoms with Crippen LogP contribution in [0.1, 0.15) is 39.1 Å². The first kappa shape index (κ1) is 23.3. The molecule has 4 rings (SSSR count). The molecule has 2 unspecified atom stereocenters. The Morgan fingerprint density at radius 3 is 2.24 bits per heavy atom. The van der Waals surface area contributed by atoms with Gasteiger partial charge in [-0.3, -0.25) is 4.79 Å². The van der Waals surface area contributed by atoms with E-state index in [1.807, 2.05) is 48.5 Å². The summed E-state index contributed by atoms with van der Waals surface area (Å²) < 4.78 is 10.4. The number of fused-ring (bicyclic) bond motifs is 3. The summed E-state index contributed by atoms with van der Waals surface area (Å²) in [5.41, 5.74) is 4.18. The van der Waals surface area contributed by atoms with E-state index in [1.54, 1.807) is 0 Å². The van der Waals surface area contributed by atoms with Gasteiger partial charge in [0.2, 0.25) is 0 Å². The fourth-order valence-corrected chi connectivity index (χ4v) is 4.31. The number of aliphatic hydroxyl groups is 2. The number of rotatable bonds is 8. The number of aromatic hydroxyl groups is 1. The zero-order valence-corrected chi connectivity index (χ0v) is 18.5. The van der Waals surface area contributed by atoms with E-state index in [4.69, 9.17) is 9.47 Å². The SMILES string of the molecule is COc1ccc(C(O)C(O)CNC(=O)OCC2c3ccccc3-c3ccccc32)c(C=O)c1O. The fraction of sp³-hybridized carbons (Fsp3) is 0.231. The van der Waals surface area contributed by atoms with Crippen molar-refractivity contribution in [1.82, 2.24) is 5.32 Å². The van der Waals surface area contributed by atoms with Crippen molar-refractivity contribution in [2.75, 3.05) is 20.3 Å². The highest BCUT2D eigenvalue weighted by atomic mass is 16.5. The molecule has 0 spiro atoms. The topological polar surface area (TPSA) is 125 Å². The molecule has 0 aliphatic heterocycles. The molecule has 34 heavy (non-hydrogen) atoms. The van der Waals surface area contributed by atoms with E-state index in [9.17, 15) is 24.9 Å². The first-order valence-electron chi connectivity index (χ1n) is 10.8. The second-order valence-electron chi connectivity index (χ2n) is 7.96. The maximum absolute atomic E-state index is 12.3. The van der Waals surface area contributed by atoms with Crippen LogP contribution in [-0.2, 0) is 4.74 Å². The number of hydrogen-bond acceptors (Lipinski definition) is 7. The zero-order chi connectivity index (χ0) is 24.2. The van der Waals surface area contributed by atoms with Gasteiger partial charge in [-0.25, -0.2) is 4.79 Å². The molecule has 0 aromatic heterocycles. The Bertz CT molecular complexity index is 1160. The maximum atomic E-state index is 12.3. The van der Waals surface area contributed by atoms with Crippen molar-refractivity contribution in [2.45, 2.75) is 18.1 Å². The normalized spacial score (nSPS) is 14.0. The van der Waals surface area contributed by atoms with E-state index in [1.165, 1.54) is 19.2 Å². The van der Waals surface area contributed by atoms with Crippen LogP contribution in [0, 0.1) is 0 Å². The van der Waals surface area contributed by atoms with Crippen molar-refractivity contribution in [2.24, 2.45) is 0 Å². The van der Waals surface area contributed by atoms with Crippen molar-refractivity contribution in [3.05, 3.63) is 82.9 Å². The molecule has 4 N–H and O–H groups in total. The van der Waals surface area contributed by atoms with Crippen LogP contribution in [0.3, 0.4) is 0 Å². The number of phenols is 1. The molecule has 1 aliphatic carbocycles. The van der Waals surface area contributed by atoms with Crippen molar-refractivity contribution < 1.29 is 34.4 Å². The molecule has 0 radical (unpaired) electrons. The smallest absolute Gasteiger partial charge is 0.407 e. The van der Waals surface area contributed by atoms with E-state index < -0.39 is 24.1 Å². The summed E-state index contributed by atoms with van der Waals surface area (Å²) in [6, 6.07) is 18.7. The Balaban J connectivity index is 1.37. The molecule has 1 amide bonds. The largest absolute Gasteiger partial charge is 0.504 e. The zero-order valence-electron chi connectivity index (χ0n) is 18.5. The number of methoxy groups -OCH3 is 1. The lowest BCUT2D eigenvalue weighted by Gasteiger charge is -2.21. The predicted molar refractivity (Wildman–Crippen MR) is 124 cm³/mol. The Labute approximate surface area is 196 Å². The molecule has 0 saturated carbocycles. The molecule has 3 aromatic carbocycles. The van der Waals surface area contributed by atoms with Gasteiger partial charge in [0.1, 0.15) is 18.8 Å². The minimum Gasteiger partial charge on any atom is -0.504 e. The highest BCUT2D eigenvalue weighted by Crippen LogP contribution is 2.44. The average molecular weight is 463 g/mol. The van der Waals surface area contributed by atoms with Crippen LogP contribution in [0.25, 0.3) is 11.1 Å². The highest BCUT2D eigenvalue weighted by Gasteiger charge is 2.29. The van der Waals surface area contributed by atoms with Crippen LogP contribution >= 0.6 is 0 Å².